The lowest BCUT2D eigenvalue weighted by atomic mass is 10.1. The highest BCUT2D eigenvalue weighted by Gasteiger charge is 2.30. The average Bonchev–Trinajstić information content (AvgIpc) is 3.08. The molecule has 2 aromatic carbocycles. The molecule has 1 aliphatic heterocycles. The molecule has 1 saturated heterocycles. The van der Waals surface area contributed by atoms with Crippen LogP contribution in [0.5, 0.6) is 5.75 Å². The molecule has 1 atom stereocenters. The maximum atomic E-state index is 12.3. The van der Waals surface area contributed by atoms with Crippen molar-refractivity contribution in [1.82, 2.24) is 10.6 Å². The third-order valence-electron chi connectivity index (χ3n) is 4.64. The van der Waals surface area contributed by atoms with E-state index in [-0.39, 0.29) is 35.9 Å². The summed E-state index contributed by atoms with van der Waals surface area (Å²) >= 11 is 0. The number of anilines is 1. The minimum atomic E-state index is 0. The van der Waals surface area contributed by atoms with Crippen molar-refractivity contribution in [3.63, 3.8) is 0 Å². The Hall–Kier alpha value is -2.29. The van der Waals surface area contributed by atoms with E-state index in [4.69, 9.17) is 4.74 Å². The van der Waals surface area contributed by atoms with Crippen molar-refractivity contribution in [2.45, 2.75) is 18.9 Å². The van der Waals surface area contributed by atoms with E-state index in [0.29, 0.717) is 18.9 Å². The van der Waals surface area contributed by atoms with Gasteiger partial charge in [-0.2, -0.15) is 0 Å². The standard InChI is InChI=1S/C21H26N4O2.HI/c1-22-21(23-13-12-16-8-6-7-11-19(16)27-2)24-17-14-20(26)25(15-17)18-9-4-3-5-10-18;/h3-11,17H,12-15H2,1-2H3,(H2,22,23,24);1H. The van der Waals surface area contributed by atoms with Gasteiger partial charge in [-0.3, -0.25) is 9.79 Å². The van der Waals surface area contributed by atoms with Crippen LogP contribution in [-0.2, 0) is 11.2 Å². The van der Waals surface area contributed by atoms with Crippen LogP contribution >= 0.6 is 24.0 Å². The highest BCUT2D eigenvalue weighted by Crippen LogP contribution is 2.21. The molecule has 2 aromatic rings. The van der Waals surface area contributed by atoms with E-state index in [9.17, 15) is 4.79 Å². The molecule has 0 bridgehead atoms. The molecule has 0 saturated carbocycles. The van der Waals surface area contributed by atoms with E-state index in [2.05, 4.69) is 21.7 Å². The molecule has 0 spiro atoms. The smallest absolute Gasteiger partial charge is 0.229 e. The second-order valence-electron chi connectivity index (χ2n) is 6.45. The molecule has 1 fully saturated rings. The number of methoxy groups -OCH3 is 1. The molecule has 3 rings (SSSR count). The summed E-state index contributed by atoms with van der Waals surface area (Å²) < 4.78 is 5.39. The molecule has 150 valence electrons. The number of ether oxygens (including phenoxy) is 1. The van der Waals surface area contributed by atoms with Gasteiger partial charge in [0.25, 0.3) is 0 Å². The number of halogens is 1. The lowest BCUT2D eigenvalue weighted by Gasteiger charge is -2.19. The Bertz CT molecular complexity index is 798. The third kappa shape index (κ3) is 5.60. The fourth-order valence-electron chi connectivity index (χ4n) is 3.27. The van der Waals surface area contributed by atoms with Gasteiger partial charge in [-0.15, -0.1) is 24.0 Å². The summed E-state index contributed by atoms with van der Waals surface area (Å²) in [4.78, 5) is 18.4. The number of aliphatic imine (C=N–C) groups is 1. The first-order valence-corrected chi connectivity index (χ1v) is 9.15. The van der Waals surface area contributed by atoms with Gasteiger partial charge in [0.15, 0.2) is 5.96 Å². The Morgan fingerprint density at radius 1 is 1.18 bits per heavy atom. The number of hydrogen-bond donors (Lipinski definition) is 2. The zero-order chi connectivity index (χ0) is 19.1. The van der Waals surface area contributed by atoms with Crippen LogP contribution in [0.15, 0.2) is 59.6 Å². The zero-order valence-electron chi connectivity index (χ0n) is 16.2. The summed E-state index contributed by atoms with van der Waals surface area (Å²) in [6.45, 7) is 1.36. The number of para-hydroxylation sites is 2. The van der Waals surface area contributed by atoms with Gasteiger partial charge in [-0.25, -0.2) is 0 Å². The maximum absolute atomic E-state index is 12.3. The second kappa shape index (κ2) is 10.9. The highest BCUT2D eigenvalue weighted by atomic mass is 127. The molecule has 1 aliphatic rings. The van der Waals surface area contributed by atoms with Crippen LogP contribution < -0.4 is 20.3 Å². The summed E-state index contributed by atoms with van der Waals surface area (Å²) in [7, 11) is 3.42. The van der Waals surface area contributed by atoms with Crippen molar-refractivity contribution in [2.75, 3.05) is 32.1 Å². The molecule has 6 nitrogen and oxygen atoms in total. The van der Waals surface area contributed by atoms with Crippen molar-refractivity contribution in [2.24, 2.45) is 4.99 Å². The number of hydrogen-bond acceptors (Lipinski definition) is 3. The van der Waals surface area contributed by atoms with E-state index in [1.54, 1.807) is 14.2 Å². The third-order valence-corrected chi connectivity index (χ3v) is 4.64. The van der Waals surface area contributed by atoms with Gasteiger partial charge in [0.1, 0.15) is 5.75 Å². The fraction of sp³-hybridized carbons (Fsp3) is 0.333. The van der Waals surface area contributed by atoms with Gasteiger partial charge < -0.3 is 20.3 Å². The molecule has 2 N–H and O–H groups in total. The first kappa shape index (κ1) is 22.0. The molecule has 7 heteroatoms. The van der Waals surface area contributed by atoms with Gasteiger partial charge in [0.05, 0.1) is 13.2 Å². The summed E-state index contributed by atoms with van der Waals surface area (Å²) in [5.74, 6) is 1.72. The molecule has 1 heterocycles. The molecule has 1 amide bonds. The highest BCUT2D eigenvalue weighted by molar-refractivity contribution is 14.0. The van der Waals surface area contributed by atoms with Crippen molar-refractivity contribution in [3.05, 3.63) is 60.2 Å². The van der Waals surface area contributed by atoms with E-state index in [0.717, 1.165) is 30.0 Å². The van der Waals surface area contributed by atoms with E-state index in [1.165, 1.54) is 0 Å². The Kier molecular flexibility index (Phi) is 8.56. The van der Waals surface area contributed by atoms with Crippen LogP contribution in [0.2, 0.25) is 0 Å². The number of guanidine groups is 1. The SMILES string of the molecule is CN=C(NCCc1ccccc1OC)NC1CC(=O)N(c2ccccc2)C1.I. The monoisotopic (exact) mass is 494 g/mol. The van der Waals surface area contributed by atoms with Gasteiger partial charge in [0.2, 0.25) is 5.91 Å². The number of amides is 1. The Morgan fingerprint density at radius 3 is 2.61 bits per heavy atom. The quantitative estimate of drug-likeness (QED) is 0.369. The van der Waals surface area contributed by atoms with Crippen LogP contribution in [0.1, 0.15) is 12.0 Å². The van der Waals surface area contributed by atoms with Gasteiger partial charge in [-0.1, -0.05) is 36.4 Å². The number of benzene rings is 2. The minimum Gasteiger partial charge on any atom is -0.496 e. The van der Waals surface area contributed by atoms with Crippen LogP contribution in [0.25, 0.3) is 0 Å². The van der Waals surface area contributed by atoms with E-state index < -0.39 is 0 Å². The number of nitrogens with one attached hydrogen (secondary N) is 2. The molecule has 0 aliphatic carbocycles. The number of rotatable bonds is 6. The van der Waals surface area contributed by atoms with Crippen LogP contribution in [0.4, 0.5) is 5.69 Å². The van der Waals surface area contributed by atoms with Crippen molar-refractivity contribution < 1.29 is 9.53 Å². The summed E-state index contributed by atoms with van der Waals surface area (Å²) in [5, 5.41) is 6.67. The summed E-state index contributed by atoms with van der Waals surface area (Å²) in [6, 6.07) is 17.8. The Morgan fingerprint density at radius 2 is 1.89 bits per heavy atom. The summed E-state index contributed by atoms with van der Waals surface area (Å²) in [6.07, 6.45) is 1.28. The van der Waals surface area contributed by atoms with Crippen LogP contribution in [0, 0.1) is 0 Å². The number of carbonyl (C=O) groups is 1. The zero-order valence-corrected chi connectivity index (χ0v) is 18.6. The van der Waals surface area contributed by atoms with Crippen molar-refractivity contribution in [1.29, 1.82) is 0 Å². The predicted molar refractivity (Wildman–Crippen MR) is 124 cm³/mol. The molecule has 1 unspecified atom stereocenters. The molecule has 0 aromatic heterocycles. The van der Waals surface area contributed by atoms with Gasteiger partial charge in [0, 0.05) is 32.2 Å². The molecule has 28 heavy (non-hydrogen) atoms. The lowest BCUT2D eigenvalue weighted by Crippen LogP contribution is -2.45. The first-order valence-electron chi connectivity index (χ1n) is 9.15. The van der Waals surface area contributed by atoms with Gasteiger partial charge >= 0.3 is 0 Å². The molecular weight excluding hydrogens is 467 g/mol. The topological polar surface area (TPSA) is 66.0 Å². The lowest BCUT2D eigenvalue weighted by molar-refractivity contribution is -0.117. The van der Waals surface area contributed by atoms with Crippen LogP contribution in [0.3, 0.4) is 0 Å². The summed E-state index contributed by atoms with van der Waals surface area (Å²) in [5.41, 5.74) is 2.08. The Labute approximate surface area is 183 Å². The van der Waals surface area contributed by atoms with E-state index in [1.807, 2.05) is 53.4 Å². The number of carbonyl (C=O) groups excluding carboxylic acids is 1. The van der Waals surface area contributed by atoms with Crippen molar-refractivity contribution in [3.8, 4) is 5.75 Å². The molecule has 0 radical (unpaired) electrons. The maximum Gasteiger partial charge on any atom is 0.229 e. The van der Waals surface area contributed by atoms with E-state index >= 15 is 0 Å². The average molecular weight is 494 g/mol. The first-order chi connectivity index (χ1) is 13.2. The second-order valence-corrected chi connectivity index (χ2v) is 6.45. The number of nitrogens with zero attached hydrogens (tertiary/aromatic N) is 2. The molecular formula is C21H27IN4O2. The fourth-order valence-corrected chi connectivity index (χ4v) is 3.27. The minimum absolute atomic E-state index is 0. The van der Waals surface area contributed by atoms with Crippen molar-refractivity contribution >= 4 is 41.5 Å². The largest absolute Gasteiger partial charge is 0.496 e. The normalized spacial score (nSPS) is 16.5. The van der Waals surface area contributed by atoms with Gasteiger partial charge in [-0.05, 0) is 30.2 Å². The predicted octanol–water partition coefficient (Wildman–Crippen LogP) is 2.83. The van der Waals surface area contributed by atoms with Crippen LogP contribution in [-0.4, -0.2) is 45.2 Å². The Balaban J connectivity index is 0.00000280.